The molecule has 0 unspecified atom stereocenters. The third kappa shape index (κ3) is 4.26. The maximum absolute atomic E-state index is 12.8. The van der Waals surface area contributed by atoms with E-state index in [0.717, 1.165) is 24.2 Å². The van der Waals surface area contributed by atoms with E-state index in [9.17, 15) is 4.79 Å². The fourth-order valence-corrected chi connectivity index (χ4v) is 3.34. The van der Waals surface area contributed by atoms with Gasteiger partial charge in [0.25, 0.3) is 5.91 Å². The molecule has 1 heterocycles. The lowest BCUT2D eigenvalue weighted by atomic mass is 9.90. The van der Waals surface area contributed by atoms with Crippen molar-refractivity contribution in [3.05, 3.63) is 59.7 Å². The van der Waals surface area contributed by atoms with Gasteiger partial charge in [0.05, 0.1) is 18.7 Å². The van der Waals surface area contributed by atoms with E-state index in [0.29, 0.717) is 24.5 Å². The molecule has 2 aromatic carbocycles. The maximum Gasteiger partial charge on any atom is 0.266 e. The van der Waals surface area contributed by atoms with E-state index in [1.165, 1.54) is 0 Å². The molecule has 0 bridgehead atoms. The lowest BCUT2D eigenvalue weighted by Gasteiger charge is -2.47. The van der Waals surface area contributed by atoms with Crippen molar-refractivity contribution in [3.63, 3.8) is 0 Å². The van der Waals surface area contributed by atoms with E-state index in [4.69, 9.17) is 19.5 Å². The number of nitrogens with zero attached hydrogens (tertiary/aromatic N) is 2. The van der Waals surface area contributed by atoms with Gasteiger partial charge in [0.15, 0.2) is 0 Å². The van der Waals surface area contributed by atoms with Crippen LogP contribution in [0.25, 0.3) is 0 Å². The number of β-lactam (4-membered cyclic amide) rings is 1. The van der Waals surface area contributed by atoms with Crippen molar-refractivity contribution >= 4 is 5.91 Å². The number of amides is 1. The number of carbonyl (C=O) groups excluding carboxylic acids is 1. The smallest absolute Gasteiger partial charge is 0.266 e. The molecule has 0 N–H and O–H groups in total. The van der Waals surface area contributed by atoms with E-state index in [-0.39, 0.29) is 11.9 Å². The van der Waals surface area contributed by atoms with Crippen LogP contribution < -0.4 is 9.47 Å². The first kappa shape index (κ1) is 19.7. The van der Waals surface area contributed by atoms with Crippen LogP contribution in [0.3, 0.4) is 0 Å². The Morgan fingerprint density at radius 2 is 1.86 bits per heavy atom. The maximum atomic E-state index is 12.8. The molecular formula is C22H24N2O4. The number of nitriles is 1. The van der Waals surface area contributed by atoms with Gasteiger partial charge in [-0.1, -0.05) is 12.1 Å². The Morgan fingerprint density at radius 3 is 2.54 bits per heavy atom. The third-order valence-electron chi connectivity index (χ3n) is 4.83. The summed E-state index contributed by atoms with van der Waals surface area (Å²) in [6, 6.07) is 16.4. The van der Waals surface area contributed by atoms with Gasteiger partial charge in [-0.2, -0.15) is 5.26 Å². The van der Waals surface area contributed by atoms with E-state index >= 15 is 0 Å². The van der Waals surface area contributed by atoms with E-state index in [1.54, 1.807) is 38.5 Å². The van der Waals surface area contributed by atoms with Crippen LogP contribution >= 0.6 is 0 Å². The Morgan fingerprint density at radius 1 is 1.07 bits per heavy atom. The molecule has 1 amide bonds. The number of methoxy groups -OCH3 is 2. The van der Waals surface area contributed by atoms with Crippen molar-refractivity contribution in [2.75, 3.05) is 27.4 Å². The summed E-state index contributed by atoms with van der Waals surface area (Å²) < 4.78 is 16.4. The van der Waals surface area contributed by atoms with Crippen LogP contribution in [0.5, 0.6) is 11.5 Å². The highest BCUT2D eigenvalue weighted by Gasteiger charge is 2.49. The van der Waals surface area contributed by atoms with Gasteiger partial charge in [-0.15, -0.1) is 0 Å². The fourth-order valence-electron chi connectivity index (χ4n) is 3.34. The summed E-state index contributed by atoms with van der Waals surface area (Å²) in [7, 11) is 3.30. The topological polar surface area (TPSA) is 71.8 Å². The first-order valence-electron chi connectivity index (χ1n) is 9.28. The Labute approximate surface area is 165 Å². The normalized spacial score (nSPS) is 18.3. The molecule has 1 aliphatic rings. The summed E-state index contributed by atoms with van der Waals surface area (Å²) in [5.41, 5.74) is 1.53. The lowest BCUT2D eigenvalue weighted by molar-refractivity contribution is -0.164. The van der Waals surface area contributed by atoms with Crippen LogP contribution in [0.15, 0.2) is 48.5 Å². The molecule has 2 atom stereocenters. The minimum atomic E-state index is -0.595. The van der Waals surface area contributed by atoms with Gasteiger partial charge in [-0.25, -0.2) is 0 Å². The van der Waals surface area contributed by atoms with Gasteiger partial charge in [0.1, 0.15) is 17.5 Å². The third-order valence-corrected chi connectivity index (χ3v) is 4.83. The van der Waals surface area contributed by atoms with Crippen LogP contribution in [-0.4, -0.2) is 44.3 Å². The van der Waals surface area contributed by atoms with Gasteiger partial charge < -0.3 is 19.1 Å². The van der Waals surface area contributed by atoms with Crippen molar-refractivity contribution in [2.24, 2.45) is 0 Å². The number of hydrogen-bond donors (Lipinski definition) is 0. The molecule has 6 nitrogen and oxygen atoms in total. The predicted octanol–water partition coefficient (Wildman–Crippen LogP) is 3.32. The molecule has 0 spiro atoms. The molecule has 146 valence electrons. The quantitative estimate of drug-likeness (QED) is 0.493. The fraction of sp³-hybridized carbons (Fsp3) is 0.364. The lowest BCUT2D eigenvalue weighted by Crippen LogP contribution is -2.61. The summed E-state index contributed by atoms with van der Waals surface area (Å²) in [5.74, 6) is 1.28. The number of rotatable bonds is 9. The van der Waals surface area contributed by atoms with E-state index in [1.807, 2.05) is 29.2 Å². The number of benzene rings is 2. The molecule has 3 rings (SSSR count). The molecule has 6 heteroatoms. The molecule has 0 radical (unpaired) electrons. The largest absolute Gasteiger partial charge is 0.497 e. The van der Waals surface area contributed by atoms with Crippen molar-refractivity contribution in [3.8, 4) is 17.6 Å². The molecule has 0 aliphatic carbocycles. The van der Waals surface area contributed by atoms with Gasteiger partial charge in [-0.3, -0.25) is 4.79 Å². The minimum absolute atomic E-state index is 0.0328. The Balaban J connectivity index is 1.78. The highest BCUT2D eigenvalue weighted by molar-refractivity contribution is 5.89. The standard InChI is InChI=1S/C22H24N2O4/c1-26-13-4-3-12-24-20(17-6-5-7-19(14-17)27-2)21(22(24)25)28-18-10-8-16(15-23)9-11-18/h5-11,14,20-21H,3-4,12-13H2,1-2H3/t20-,21-/m1/s1. The Hall–Kier alpha value is -3.04. The van der Waals surface area contributed by atoms with Crippen LogP contribution in [0, 0.1) is 11.3 Å². The highest BCUT2D eigenvalue weighted by Crippen LogP contribution is 2.39. The Bertz CT molecular complexity index is 844. The monoisotopic (exact) mass is 380 g/mol. The highest BCUT2D eigenvalue weighted by atomic mass is 16.5. The van der Waals surface area contributed by atoms with Gasteiger partial charge >= 0.3 is 0 Å². The van der Waals surface area contributed by atoms with Gasteiger partial charge in [0, 0.05) is 20.3 Å². The van der Waals surface area contributed by atoms with Crippen molar-refractivity contribution in [2.45, 2.75) is 25.0 Å². The van der Waals surface area contributed by atoms with Crippen LogP contribution in [0.1, 0.15) is 30.0 Å². The molecule has 0 aromatic heterocycles. The van der Waals surface area contributed by atoms with Gasteiger partial charge in [0.2, 0.25) is 6.10 Å². The summed E-state index contributed by atoms with van der Waals surface area (Å²) in [4.78, 5) is 14.6. The SMILES string of the molecule is COCCCCN1C(=O)[C@H](Oc2ccc(C#N)cc2)[C@H]1c1cccc(OC)c1. The molecule has 2 aromatic rings. The summed E-state index contributed by atoms with van der Waals surface area (Å²) in [6.07, 6.45) is 1.16. The number of ether oxygens (including phenoxy) is 3. The molecule has 1 aliphatic heterocycles. The van der Waals surface area contributed by atoms with Crippen molar-refractivity contribution < 1.29 is 19.0 Å². The number of unbranched alkanes of at least 4 members (excludes halogenated alkanes) is 1. The first-order chi connectivity index (χ1) is 13.7. The van der Waals surface area contributed by atoms with Crippen LogP contribution in [0.4, 0.5) is 0 Å². The van der Waals surface area contributed by atoms with E-state index in [2.05, 4.69) is 6.07 Å². The zero-order valence-electron chi connectivity index (χ0n) is 16.1. The summed E-state index contributed by atoms with van der Waals surface area (Å²) in [5, 5.41) is 8.93. The molecule has 0 saturated carbocycles. The van der Waals surface area contributed by atoms with Crippen molar-refractivity contribution in [1.82, 2.24) is 4.90 Å². The number of carbonyl (C=O) groups is 1. The molecule has 28 heavy (non-hydrogen) atoms. The molecule has 1 fully saturated rings. The average molecular weight is 380 g/mol. The predicted molar refractivity (Wildman–Crippen MR) is 104 cm³/mol. The average Bonchev–Trinajstić information content (AvgIpc) is 2.74. The Kier molecular flexibility index (Phi) is 6.51. The second-order valence-corrected chi connectivity index (χ2v) is 6.63. The second kappa shape index (κ2) is 9.25. The first-order valence-corrected chi connectivity index (χ1v) is 9.28. The summed E-state index contributed by atoms with van der Waals surface area (Å²) in [6.45, 7) is 1.33. The molecule has 1 saturated heterocycles. The zero-order valence-corrected chi connectivity index (χ0v) is 16.1. The van der Waals surface area contributed by atoms with Crippen LogP contribution in [0.2, 0.25) is 0 Å². The van der Waals surface area contributed by atoms with Crippen molar-refractivity contribution in [1.29, 1.82) is 5.26 Å². The van der Waals surface area contributed by atoms with Gasteiger partial charge in [-0.05, 0) is 54.8 Å². The second-order valence-electron chi connectivity index (χ2n) is 6.63. The van der Waals surface area contributed by atoms with Crippen LogP contribution in [-0.2, 0) is 9.53 Å². The minimum Gasteiger partial charge on any atom is -0.497 e. The summed E-state index contributed by atoms with van der Waals surface area (Å²) >= 11 is 0. The number of likely N-dealkylation sites (tertiary alicyclic amines) is 1. The number of hydrogen-bond acceptors (Lipinski definition) is 5. The molecular weight excluding hydrogens is 356 g/mol. The van der Waals surface area contributed by atoms with E-state index < -0.39 is 6.10 Å². The zero-order chi connectivity index (χ0) is 19.9.